The highest BCUT2D eigenvalue weighted by Crippen LogP contribution is 2.03. The molecule has 6 heteroatoms. The van der Waals surface area contributed by atoms with Crippen LogP contribution in [0.25, 0.3) is 0 Å². The molecule has 0 saturated heterocycles. The summed E-state index contributed by atoms with van der Waals surface area (Å²) in [6, 6.07) is 1.39. The van der Waals surface area contributed by atoms with E-state index in [1.165, 1.54) is 13.2 Å². The first-order valence-corrected chi connectivity index (χ1v) is 3.89. The van der Waals surface area contributed by atoms with E-state index in [1.54, 1.807) is 6.92 Å². The molecule has 1 aromatic rings. The van der Waals surface area contributed by atoms with E-state index in [2.05, 4.69) is 9.84 Å². The number of aromatic carboxylic acids is 1. The summed E-state index contributed by atoms with van der Waals surface area (Å²) in [6.07, 6.45) is 0. The van der Waals surface area contributed by atoms with Crippen molar-refractivity contribution in [1.82, 2.24) is 9.78 Å². The largest absolute Gasteiger partial charge is 0.477 e. The van der Waals surface area contributed by atoms with Gasteiger partial charge in [0.25, 0.3) is 0 Å². The number of carbonyl (C=O) groups excluding carboxylic acids is 1. The Morgan fingerprint density at radius 2 is 2.29 bits per heavy atom. The van der Waals surface area contributed by atoms with Crippen LogP contribution in [0.1, 0.15) is 16.2 Å². The highest BCUT2D eigenvalue weighted by molar-refractivity contribution is 5.86. The Labute approximate surface area is 80.1 Å². The molecule has 1 aromatic heterocycles. The Kier molecular flexibility index (Phi) is 2.85. The van der Waals surface area contributed by atoms with E-state index in [0.29, 0.717) is 5.69 Å². The van der Waals surface area contributed by atoms with Crippen molar-refractivity contribution >= 4 is 11.9 Å². The fourth-order valence-electron chi connectivity index (χ4n) is 1.03. The number of carbonyl (C=O) groups is 2. The van der Waals surface area contributed by atoms with Crippen LogP contribution in [0.2, 0.25) is 0 Å². The fourth-order valence-corrected chi connectivity index (χ4v) is 1.03. The van der Waals surface area contributed by atoms with E-state index in [-0.39, 0.29) is 12.2 Å². The molecule has 0 bridgehead atoms. The van der Waals surface area contributed by atoms with Gasteiger partial charge in [-0.1, -0.05) is 0 Å². The molecular weight excluding hydrogens is 188 g/mol. The van der Waals surface area contributed by atoms with E-state index < -0.39 is 11.9 Å². The summed E-state index contributed by atoms with van der Waals surface area (Å²) in [5, 5.41) is 12.6. The van der Waals surface area contributed by atoms with Crippen molar-refractivity contribution in [3.8, 4) is 0 Å². The maximum Gasteiger partial charge on any atom is 0.354 e. The third-order valence-corrected chi connectivity index (χ3v) is 1.63. The maximum absolute atomic E-state index is 10.9. The lowest BCUT2D eigenvalue weighted by Gasteiger charge is -2.01. The van der Waals surface area contributed by atoms with Crippen LogP contribution in [0.15, 0.2) is 6.07 Å². The van der Waals surface area contributed by atoms with Gasteiger partial charge < -0.3 is 9.84 Å². The maximum atomic E-state index is 10.9. The number of carboxylic acids is 1. The van der Waals surface area contributed by atoms with E-state index in [9.17, 15) is 9.59 Å². The average Bonchev–Trinajstić information content (AvgIpc) is 2.46. The van der Waals surface area contributed by atoms with Gasteiger partial charge in [0.2, 0.25) is 0 Å². The second-order valence-electron chi connectivity index (χ2n) is 2.71. The molecule has 0 aliphatic carbocycles. The topological polar surface area (TPSA) is 81.4 Å². The Hall–Kier alpha value is -1.85. The van der Waals surface area contributed by atoms with Crippen LogP contribution in [0.3, 0.4) is 0 Å². The number of carboxylic acid groups (broad SMARTS) is 1. The third-order valence-electron chi connectivity index (χ3n) is 1.63. The number of ether oxygens (including phenoxy) is 1. The minimum atomic E-state index is -1.12. The Bertz CT molecular complexity index is 369. The number of hydrogen-bond donors (Lipinski definition) is 1. The van der Waals surface area contributed by atoms with E-state index in [1.807, 2.05) is 0 Å². The van der Waals surface area contributed by atoms with Gasteiger partial charge in [-0.25, -0.2) is 9.48 Å². The number of nitrogens with zero attached hydrogens (tertiary/aromatic N) is 2. The molecule has 1 heterocycles. The number of hydrogen-bond acceptors (Lipinski definition) is 4. The number of aromatic nitrogens is 2. The highest BCUT2D eigenvalue weighted by Gasteiger charge is 2.14. The predicted molar refractivity (Wildman–Crippen MR) is 45.9 cm³/mol. The van der Waals surface area contributed by atoms with Gasteiger partial charge in [0, 0.05) is 0 Å². The molecule has 0 aliphatic heterocycles. The van der Waals surface area contributed by atoms with Crippen LogP contribution >= 0.6 is 0 Å². The fraction of sp³-hybridized carbons (Fsp3) is 0.375. The molecule has 0 aliphatic rings. The number of aryl methyl sites for hydroxylation is 1. The van der Waals surface area contributed by atoms with Gasteiger partial charge in [-0.05, 0) is 13.0 Å². The quantitative estimate of drug-likeness (QED) is 0.694. The Balaban J connectivity index is 2.95. The number of methoxy groups -OCH3 is 1. The number of esters is 1. The van der Waals surface area contributed by atoms with E-state index in [4.69, 9.17) is 5.11 Å². The SMILES string of the molecule is COC(=O)Cn1nc(C)cc1C(=O)O. The summed E-state index contributed by atoms with van der Waals surface area (Å²) in [4.78, 5) is 21.6. The lowest BCUT2D eigenvalue weighted by atomic mass is 10.4. The van der Waals surface area contributed by atoms with Gasteiger partial charge >= 0.3 is 11.9 Å². The molecule has 0 saturated carbocycles. The van der Waals surface area contributed by atoms with Crippen molar-refractivity contribution in [2.75, 3.05) is 7.11 Å². The van der Waals surface area contributed by atoms with Crippen LogP contribution in [0.5, 0.6) is 0 Å². The van der Waals surface area contributed by atoms with Gasteiger partial charge in [0.15, 0.2) is 0 Å². The lowest BCUT2D eigenvalue weighted by molar-refractivity contribution is -0.141. The van der Waals surface area contributed by atoms with Crippen LogP contribution in [-0.2, 0) is 16.1 Å². The Morgan fingerprint density at radius 1 is 1.64 bits per heavy atom. The molecule has 0 unspecified atom stereocenters. The second kappa shape index (κ2) is 3.91. The van der Waals surface area contributed by atoms with Crippen LogP contribution < -0.4 is 0 Å². The van der Waals surface area contributed by atoms with Crippen molar-refractivity contribution in [1.29, 1.82) is 0 Å². The monoisotopic (exact) mass is 198 g/mol. The minimum Gasteiger partial charge on any atom is -0.477 e. The van der Waals surface area contributed by atoms with E-state index >= 15 is 0 Å². The van der Waals surface area contributed by atoms with Crippen molar-refractivity contribution in [3.63, 3.8) is 0 Å². The van der Waals surface area contributed by atoms with Crippen molar-refractivity contribution < 1.29 is 19.4 Å². The molecule has 6 nitrogen and oxygen atoms in total. The molecule has 1 rings (SSSR count). The second-order valence-corrected chi connectivity index (χ2v) is 2.71. The molecule has 1 N–H and O–H groups in total. The summed E-state index contributed by atoms with van der Waals surface area (Å²) in [6.45, 7) is 1.46. The summed E-state index contributed by atoms with van der Waals surface area (Å²) < 4.78 is 5.51. The predicted octanol–water partition coefficient (Wildman–Crippen LogP) is 0.0627. The zero-order valence-electron chi connectivity index (χ0n) is 7.85. The molecule has 14 heavy (non-hydrogen) atoms. The molecule has 76 valence electrons. The molecule has 0 radical (unpaired) electrons. The first kappa shape index (κ1) is 10.2. The zero-order chi connectivity index (χ0) is 10.7. The average molecular weight is 198 g/mol. The first-order chi connectivity index (χ1) is 6.54. The summed E-state index contributed by atoms with van der Waals surface area (Å²) in [5.41, 5.74) is 0.527. The molecule has 0 spiro atoms. The van der Waals surface area contributed by atoms with Gasteiger partial charge in [0.05, 0.1) is 12.8 Å². The summed E-state index contributed by atoms with van der Waals surface area (Å²) >= 11 is 0. The molecule has 0 atom stereocenters. The zero-order valence-corrected chi connectivity index (χ0v) is 7.85. The smallest absolute Gasteiger partial charge is 0.354 e. The minimum absolute atomic E-state index is 0.0205. The molecule has 0 aromatic carbocycles. The molecular formula is C8H10N2O4. The summed E-state index contributed by atoms with van der Waals surface area (Å²) in [5.74, 6) is -1.65. The third kappa shape index (κ3) is 2.09. The standard InChI is InChI=1S/C8H10N2O4/c1-5-3-6(8(12)13)10(9-5)4-7(11)14-2/h3H,4H2,1-2H3,(H,12,13). The highest BCUT2D eigenvalue weighted by atomic mass is 16.5. The van der Waals surface area contributed by atoms with Gasteiger partial charge in [-0.15, -0.1) is 0 Å². The van der Waals surface area contributed by atoms with Crippen LogP contribution in [0.4, 0.5) is 0 Å². The van der Waals surface area contributed by atoms with Gasteiger partial charge in [-0.3, -0.25) is 4.79 Å². The Morgan fingerprint density at radius 3 is 2.79 bits per heavy atom. The van der Waals surface area contributed by atoms with Gasteiger partial charge in [0.1, 0.15) is 12.2 Å². The van der Waals surface area contributed by atoms with Gasteiger partial charge in [-0.2, -0.15) is 5.10 Å². The lowest BCUT2D eigenvalue weighted by Crippen LogP contribution is -2.17. The van der Waals surface area contributed by atoms with Crippen LogP contribution in [-0.4, -0.2) is 33.9 Å². The van der Waals surface area contributed by atoms with Crippen molar-refractivity contribution in [2.45, 2.75) is 13.5 Å². The van der Waals surface area contributed by atoms with E-state index in [0.717, 1.165) is 4.68 Å². The molecule has 0 fully saturated rings. The normalized spacial score (nSPS) is 9.86. The van der Waals surface area contributed by atoms with Crippen LogP contribution in [0, 0.1) is 6.92 Å². The first-order valence-electron chi connectivity index (χ1n) is 3.89. The van der Waals surface area contributed by atoms with Crippen molar-refractivity contribution in [3.05, 3.63) is 17.5 Å². The molecule has 0 amide bonds. The van der Waals surface area contributed by atoms with Crippen molar-refractivity contribution in [2.24, 2.45) is 0 Å². The summed E-state index contributed by atoms with van der Waals surface area (Å²) in [7, 11) is 1.24. The number of rotatable bonds is 3.